The van der Waals surface area contributed by atoms with Crippen molar-refractivity contribution in [2.45, 2.75) is 25.4 Å². The van der Waals surface area contributed by atoms with E-state index < -0.39 is 0 Å². The van der Waals surface area contributed by atoms with Gasteiger partial charge < -0.3 is 21.7 Å². The molecule has 2 atom stereocenters. The first-order valence-electron chi connectivity index (χ1n) is 6.14. The van der Waals surface area contributed by atoms with Crippen LogP contribution in [0.5, 0.6) is 0 Å². The number of hydrogen-bond donors (Lipinski definition) is 3. The topological polar surface area (TPSA) is 67.3 Å². The van der Waals surface area contributed by atoms with E-state index in [0.717, 1.165) is 30.8 Å². The number of anilines is 2. The largest absolute Gasteiger partial charge is 0.399 e. The molecule has 0 radical (unpaired) electrons. The van der Waals surface area contributed by atoms with Gasteiger partial charge in [-0.3, -0.25) is 0 Å². The zero-order chi connectivity index (χ0) is 12.4. The molecule has 1 aliphatic rings. The Hall–Kier alpha value is -1.26. The first-order valence-corrected chi connectivity index (χ1v) is 6.14. The quantitative estimate of drug-likeness (QED) is 0.674. The van der Waals surface area contributed by atoms with Gasteiger partial charge in [-0.1, -0.05) is 0 Å². The lowest BCUT2D eigenvalue weighted by Gasteiger charge is -2.27. The molecule has 0 saturated carbocycles. The van der Waals surface area contributed by atoms with E-state index in [1.54, 1.807) is 0 Å². The summed E-state index contributed by atoms with van der Waals surface area (Å²) in [5, 5.41) is 3.23. The van der Waals surface area contributed by atoms with Gasteiger partial charge in [0.05, 0.1) is 0 Å². The number of nitrogens with zero attached hydrogens (tertiary/aromatic N) is 1. The van der Waals surface area contributed by atoms with Crippen LogP contribution in [0.15, 0.2) is 18.2 Å². The van der Waals surface area contributed by atoms with E-state index in [9.17, 15) is 0 Å². The minimum atomic E-state index is 0.270. The van der Waals surface area contributed by atoms with Crippen LogP contribution in [0.1, 0.15) is 12.0 Å². The summed E-state index contributed by atoms with van der Waals surface area (Å²) in [6.45, 7) is 3.94. The Bertz CT molecular complexity index is 391. The number of nitrogen functional groups attached to an aromatic ring is 1. The molecule has 1 aromatic carbocycles. The molecule has 4 nitrogen and oxygen atoms in total. The van der Waals surface area contributed by atoms with Gasteiger partial charge in [0.2, 0.25) is 0 Å². The second-order valence-electron chi connectivity index (χ2n) is 4.90. The van der Waals surface area contributed by atoms with Crippen LogP contribution < -0.4 is 21.7 Å². The highest BCUT2D eigenvalue weighted by Gasteiger charge is 2.29. The fraction of sp³-hybridized carbons (Fsp3) is 0.538. The lowest BCUT2D eigenvalue weighted by Crippen LogP contribution is -2.37. The van der Waals surface area contributed by atoms with Crippen LogP contribution in [-0.2, 0) is 0 Å². The molecule has 4 heteroatoms. The Morgan fingerprint density at radius 3 is 2.88 bits per heavy atom. The Kier molecular flexibility index (Phi) is 3.54. The lowest BCUT2D eigenvalue weighted by molar-refractivity contribution is 0.601. The summed E-state index contributed by atoms with van der Waals surface area (Å²) in [5.74, 6) is 0. The van der Waals surface area contributed by atoms with E-state index in [1.807, 2.05) is 20.0 Å². The third-order valence-electron chi connectivity index (χ3n) is 3.47. The van der Waals surface area contributed by atoms with Crippen molar-refractivity contribution >= 4 is 11.4 Å². The molecule has 0 aliphatic carbocycles. The summed E-state index contributed by atoms with van der Waals surface area (Å²) in [5.41, 5.74) is 15.1. The number of nitrogens with two attached hydrogens (primary N) is 2. The minimum Gasteiger partial charge on any atom is -0.399 e. The van der Waals surface area contributed by atoms with Gasteiger partial charge in [-0.05, 0) is 44.2 Å². The first kappa shape index (κ1) is 12.2. The number of aryl methyl sites for hydroxylation is 1. The summed E-state index contributed by atoms with van der Waals surface area (Å²) >= 11 is 0. The maximum absolute atomic E-state index is 6.06. The minimum absolute atomic E-state index is 0.270. The Labute approximate surface area is 103 Å². The molecule has 2 rings (SSSR count). The molecule has 0 amide bonds. The number of likely N-dealkylation sites (N-methyl/N-ethyl adjacent to an activating group) is 1. The molecule has 0 bridgehead atoms. The Morgan fingerprint density at radius 1 is 1.47 bits per heavy atom. The monoisotopic (exact) mass is 234 g/mol. The molecule has 5 N–H and O–H groups in total. The molecule has 2 unspecified atom stereocenters. The molecule has 1 aliphatic heterocycles. The van der Waals surface area contributed by atoms with Crippen molar-refractivity contribution in [3.8, 4) is 0 Å². The first-order chi connectivity index (χ1) is 8.11. The second kappa shape index (κ2) is 4.94. The number of rotatable bonds is 3. The van der Waals surface area contributed by atoms with Crippen molar-refractivity contribution in [3.05, 3.63) is 23.8 Å². The molecule has 1 saturated heterocycles. The molecule has 94 valence electrons. The number of benzene rings is 1. The standard InChI is InChI=1S/C13H22N4/c1-9-5-11(3-4-13(9)15)17-8-10(14)6-12(17)7-16-2/h3-5,10,12,16H,6-8,14-15H2,1-2H3. The van der Waals surface area contributed by atoms with Crippen LogP contribution >= 0.6 is 0 Å². The molecular formula is C13H22N4. The van der Waals surface area contributed by atoms with Crippen LogP contribution in [-0.4, -0.2) is 32.2 Å². The molecule has 0 spiro atoms. The fourth-order valence-corrected chi connectivity index (χ4v) is 2.54. The Balaban J connectivity index is 2.22. The van der Waals surface area contributed by atoms with Crippen LogP contribution in [0.4, 0.5) is 11.4 Å². The summed E-state index contributed by atoms with van der Waals surface area (Å²) in [6.07, 6.45) is 1.05. The zero-order valence-corrected chi connectivity index (χ0v) is 10.6. The van der Waals surface area contributed by atoms with Gasteiger partial charge in [0.1, 0.15) is 0 Å². The Morgan fingerprint density at radius 2 is 2.24 bits per heavy atom. The second-order valence-corrected chi connectivity index (χ2v) is 4.90. The predicted octanol–water partition coefficient (Wildman–Crippen LogP) is 0.703. The molecule has 17 heavy (non-hydrogen) atoms. The van der Waals surface area contributed by atoms with Crippen molar-refractivity contribution in [1.82, 2.24) is 5.32 Å². The van der Waals surface area contributed by atoms with E-state index in [1.165, 1.54) is 5.69 Å². The predicted molar refractivity (Wildman–Crippen MR) is 73.2 cm³/mol. The van der Waals surface area contributed by atoms with Crippen LogP contribution in [0.2, 0.25) is 0 Å². The third-order valence-corrected chi connectivity index (χ3v) is 3.47. The van der Waals surface area contributed by atoms with Crippen molar-refractivity contribution in [1.29, 1.82) is 0 Å². The SMILES string of the molecule is CNCC1CC(N)CN1c1ccc(N)c(C)c1. The molecular weight excluding hydrogens is 212 g/mol. The maximum Gasteiger partial charge on any atom is 0.0430 e. The van der Waals surface area contributed by atoms with Crippen LogP contribution in [0, 0.1) is 6.92 Å². The summed E-state index contributed by atoms with van der Waals surface area (Å²) in [6, 6.07) is 6.97. The van der Waals surface area contributed by atoms with Gasteiger partial charge in [-0.25, -0.2) is 0 Å². The van der Waals surface area contributed by atoms with Crippen LogP contribution in [0.25, 0.3) is 0 Å². The highest BCUT2D eigenvalue weighted by molar-refractivity contribution is 5.59. The van der Waals surface area contributed by atoms with Crippen LogP contribution in [0.3, 0.4) is 0 Å². The van der Waals surface area contributed by atoms with E-state index in [4.69, 9.17) is 11.5 Å². The van der Waals surface area contributed by atoms with Crippen molar-refractivity contribution in [2.24, 2.45) is 5.73 Å². The zero-order valence-electron chi connectivity index (χ0n) is 10.6. The summed E-state index contributed by atoms with van der Waals surface area (Å²) < 4.78 is 0. The number of nitrogens with one attached hydrogen (secondary N) is 1. The summed E-state index contributed by atoms with van der Waals surface area (Å²) in [4.78, 5) is 2.38. The van der Waals surface area contributed by atoms with Gasteiger partial charge in [-0.2, -0.15) is 0 Å². The maximum atomic E-state index is 6.06. The molecule has 1 heterocycles. The molecule has 1 aromatic rings. The van der Waals surface area contributed by atoms with Gasteiger partial charge in [0.25, 0.3) is 0 Å². The van der Waals surface area contributed by atoms with E-state index >= 15 is 0 Å². The van der Waals surface area contributed by atoms with Gasteiger partial charge >= 0.3 is 0 Å². The normalized spacial score (nSPS) is 24.3. The number of hydrogen-bond acceptors (Lipinski definition) is 4. The molecule has 0 aromatic heterocycles. The smallest absolute Gasteiger partial charge is 0.0430 e. The highest BCUT2D eigenvalue weighted by atomic mass is 15.2. The third kappa shape index (κ3) is 2.53. The van der Waals surface area contributed by atoms with Crippen molar-refractivity contribution in [2.75, 3.05) is 30.8 Å². The molecule has 1 fully saturated rings. The van der Waals surface area contributed by atoms with E-state index in [-0.39, 0.29) is 6.04 Å². The fourth-order valence-electron chi connectivity index (χ4n) is 2.54. The van der Waals surface area contributed by atoms with E-state index in [2.05, 4.69) is 22.3 Å². The lowest BCUT2D eigenvalue weighted by atomic mass is 10.1. The van der Waals surface area contributed by atoms with E-state index in [0.29, 0.717) is 6.04 Å². The van der Waals surface area contributed by atoms with Gasteiger partial charge in [-0.15, -0.1) is 0 Å². The highest BCUT2D eigenvalue weighted by Crippen LogP contribution is 2.27. The summed E-state index contributed by atoms with van der Waals surface area (Å²) in [7, 11) is 1.98. The van der Waals surface area contributed by atoms with Crippen molar-refractivity contribution < 1.29 is 0 Å². The average Bonchev–Trinajstić information content (AvgIpc) is 2.64. The van der Waals surface area contributed by atoms with Crippen molar-refractivity contribution in [3.63, 3.8) is 0 Å². The average molecular weight is 234 g/mol. The van der Waals surface area contributed by atoms with Gasteiger partial charge in [0.15, 0.2) is 0 Å². The van der Waals surface area contributed by atoms with Gasteiger partial charge in [0, 0.05) is 36.5 Å².